The first kappa shape index (κ1) is 16.2. The summed E-state index contributed by atoms with van der Waals surface area (Å²) in [5.74, 6) is 0. The summed E-state index contributed by atoms with van der Waals surface area (Å²) in [6.07, 6.45) is 0.171. The molecule has 0 rings (SSSR count). The Morgan fingerprint density at radius 2 is 1.94 bits per heavy atom. The average molecular weight is 247 g/mol. The minimum absolute atomic E-state index is 0.0357. The summed E-state index contributed by atoms with van der Waals surface area (Å²) in [4.78, 5) is 13.3. The molecule has 1 atom stereocenters. The Hall–Kier alpha value is -0.810. The Morgan fingerprint density at radius 1 is 1.35 bits per heavy atom. The molecule has 1 unspecified atom stereocenters. The number of amides is 1. The molecule has 17 heavy (non-hydrogen) atoms. The van der Waals surface area contributed by atoms with Gasteiger partial charge in [-0.3, -0.25) is 0 Å². The highest BCUT2D eigenvalue weighted by atomic mass is 16.6. The maximum Gasteiger partial charge on any atom is 0.410 e. The maximum absolute atomic E-state index is 11.8. The molecule has 0 aliphatic heterocycles. The molecular formula is C12H25NO4. The number of rotatable bonds is 6. The van der Waals surface area contributed by atoms with Crippen molar-refractivity contribution < 1.29 is 19.7 Å². The lowest BCUT2D eigenvalue weighted by Crippen LogP contribution is -2.39. The molecule has 1 amide bonds. The fourth-order valence-electron chi connectivity index (χ4n) is 1.23. The number of hydrogen-bond donors (Lipinski definition) is 2. The van der Waals surface area contributed by atoms with E-state index in [1.54, 1.807) is 6.92 Å². The molecule has 0 heterocycles. The van der Waals surface area contributed by atoms with E-state index in [1.165, 1.54) is 4.90 Å². The zero-order chi connectivity index (χ0) is 13.5. The van der Waals surface area contributed by atoms with Gasteiger partial charge in [-0.1, -0.05) is 0 Å². The first-order chi connectivity index (χ1) is 7.76. The van der Waals surface area contributed by atoms with Crippen molar-refractivity contribution in [3.8, 4) is 0 Å². The normalized spacial score (nSPS) is 13.3. The second-order valence-corrected chi connectivity index (χ2v) is 5.18. The van der Waals surface area contributed by atoms with E-state index in [1.807, 2.05) is 20.8 Å². The summed E-state index contributed by atoms with van der Waals surface area (Å²) in [6.45, 7) is 8.02. The standard InChI is InChI=1S/C12H25NO4/c1-10(15)6-8-13(7-5-9-14)11(16)17-12(2,3)4/h10,14-15H,5-9H2,1-4H3. The second-order valence-electron chi connectivity index (χ2n) is 5.18. The Morgan fingerprint density at radius 3 is 2.35 bits per heavy atom. The molecule has 0 fully saturated rings. The molecule has 0 aromatic carbocycles. The zero-order valence-corrected chi connectivity index (χ0v) is 11.3. The van der Waals surface area contributed by atoms with Gasteiger partial charge in [0, 0.05) is 19.7 Å². The summed E-state index contributed by atoms with van der Waals surface area (Å²) in [5, 5.41) is 18.0. The van der Waals surface area contributed by atoms with Crippen LogP contribution in [0.15, 0.2) is 0 Å². The minimum Gasteiger partial charge on any atom is -0.444 e. The predicted molar refractivity (Wildman–Crippen MR) is 65.8 cm³/mol. The van der Waals surface area contributed by atoms with Gasteiger partial charge in [-0.05, 0) is 40.5 Å². The van der Waals surface area contributed by atoms with E-state index in [2.05, 4.69) is 0 Å². The van der Waals surface area contributed by atoms with Crippen LogP contribution in [0.3, 0.4) is 0 Å². The minimum atomic E-state index is -0.528. The van der Waals surface area contributed by atoms with E-state index in [0.29, 0.717) is 25.9 Å². The van der Waals surface area contributed by atoms with Gasteiger partial charge >= 0.3 is 6.09 Å². The molecule has 0 saturated heterocycles. The zero-order valence-electron chi connectivity index (χ0n) is 11.3. The monoisotopic (exact) mass is 247 g/mol. The molecule has 0 saturated carbocycles. The summed E-state index contributed by atoms with van der Waals surface area (Å²) in [6, 6.07) is 0. The van der Waals surface area contributed by atoms with Gasteiger partial charge in [-0.2, -0.15) is 0 Å². The van der Waals surface area contributed by atoms with Crippen molar-refractivity contribution in [3.05, 3.63) is 0 Å². The average Bonchev–Trinajstić information content (AvgIpc) is 2.14. The van der Waals surface area contributed by atoms with E-state index in [-0.39, 0.29) is 6.61 Å². The smallest absolute Gasteiger partial charge is 0.410 e. The SMILES string of the molecule is CC(O)CCN(CCCO)C(=O)OC(C)(C)C. The highest BCUT2D eigenvalue weighted by Gasteiger charge is 2.21. The topological polar surface area (TPSA) is 70.0 Å². The van der Waals surface area contributed by atoms with Gasteiger partial charge in [-0.25, -0.2) is 4.79 Å². The van der Waals surface area contributed by atoms with Crippen LogP contribution < -0.4 is 0 Å². The first-order valence-electron chi connectivity index (χ1n) is 6.03. The van der Waals surface area contributed by atoms with Crippen molar-refractivity contribution in [1.82, 2.24) is 4.90 Å². The van der Waals surface area contributed by atoms with E-state index in [4.69, 9.17) is 9.84 Å². The van der Waals surface area contributed by atoms with Crippen LogP contribution in [0.4, 0.5) is 4.79 Å². The molecule has 5 nitrogen and oxygen atoms in total. The lowest BCUT2D eigenvalue weighted by Gasteiger charge is -2.27. The molecule has 2 N–H and O–H groups in total. The molecule has 0 radical (unpaired) electrons. The Labute approximate surface area is 103 Å². The Kier molecular flexibility index (Phi) is 7.15. The fourth-order valence-corrected chi connectivity index (χ4v) is 1.23. The summed E-state index contributed by atoms with van der Waals surface area (Å²) >= 11 is 0. The van der Waals surface area contributed by atoms with Crippen molar-refractivity contribution >= 4 is 6.09 Å². The van der Waals surface area contributed by atoms with Gasteiger partial charge in [0.2, 0.25) is 0 Å². The quantitative estimate of drug-likeness (QED) is 0.744. The largest absolute Gasteiger partial charge is 0.444 e. The molecule has 0 aromatic heterocycles. The molecule has 0 aliphatic rings. The van der Waals surface area contributed by atoms with Crippen molar-refractivity contribution in [2.75, 3.05) is 19.7 Å². The molecule has 0 bridgehead atoms. The molecule has 102 valence electrons. The Bertz CT molecular complexity index is 223. The summed E-state index contributed by atoms with van der Waals surface area (Å²) in [7, 11) is 0. The van der Waals surface area contributed by atoms with Crippen LogP contribution >= 0.6 is 0 Å². The van der Waals surface area contributed by atoms with Crippen molar-refractivity contribution in [2.45, 2.75) is 52.2 Å². The van der Waals surface area contributed by atoms with Gasteiger partial charge in [0.25, 0.3) is 0 Å². The number of carbonyl (C=O) groups is 1. The molecule has 0 aliphatic carbocycles. The number of hydrogen-bond acceptors (Lipinski definition) is 4. The van der Waals surface area contributed by atoms with E-state index in [0.717, 1.165) is 0 Å². The molecular weight excluding hydrogens is 222 g/mol. The second kappa shape index (κ2) is 7.50. The van der Waals surface area contributed by atoms with Gasteiger partial charge in [0.1, 0.15) is 5.60 Å². The van der Waals surface area contributed by atoms with Crippen LogP contribution in [0.5, 0.6) is 0 Å². The Balaban J connectivity index is 4.29. The number of carbonyl (C=O) groups excluding carboxylic acids is 1. The lowest BCUT2D eigenvalue weighted by molar-refractivity contribution is 0.0216. The van der Waals surface area contributed by atoms with Crippen molar-refractivity contribution in [2.24, 2.45) is 0 Å². The highest BCUT2D eigenvalue weighted by Crippen LogP contribution is 2.11. The maximum atomic E-state index is 11.8. The molecule has 0 spiro atoms. The van der Waals surface area contributed by atoms with Crippen LogP contribution in [0.25, 0.3) is 0 Å². The van der Waals surface area contributed by atoms with Gasteiger partial charge < -0.3 is 19.8 Å². The number of aliphatic hydroxyl groups excluding tert-OH is 2. The lowest BCUT2D eigenvalue weighted by atomic mass is 10.2. The van der Waals surface area contributed by atoms with Crippen LogP contribution in [-0.2, 0) is 4.74 Å². The van der Waals surface area contributed by atoms with E-state index < -0.39 is 17.8 Å². The fraction of sp³-hybridized carbons (Fsp3) is 0.917. The van der Waals surface area contributed by atoms with Gasteiger partial charge in [-0.15, -0.1) is 0 Å². The van der Waals surface area contributed by atoms with Crippen LogP contribution in [0.1, 0.15) is 40.5 Å². The summed E-state index contributed by atoms with van der Waals surface area (Å²) < 4.78 is 5.25. The van der Waals surface area contributed by atoms with Gasteiger partial charge in [0.05, 0.1) is 6.10 Å². The van der Waals surface area contributed by atoms with E-state index >= 15 is 0 Å². The first-order valence-corrected chi connectivity index (χ1v) is 6.03. The van der Waals surface area contributed by atoms with Gasteiger partial charge in [0.15, 0.2) is 0 Å². The molecule has 0 aromatic rings. The number of ether oxygens (including phenoxy) is 1. The number of nitrogens with zero attached hydrogens (tertiary/aromatic N) is 1. The van der Waals surface area contributed by atoms with Crippen LogP contribution in [0.2, 0.25) is 0 Å². The number of aliphatic hydroxyl groups is 2. The molecule has 5 heteroatoms. The third kappa shape index (κ3) is 8.94. The highest BCUT2D eigenvalue weighted by molar-refractivity contribution is 5.68. The summed E-state index contributed by atoms with van der Waals surface area (Å²) in [5.41, 5.74) is -0.528. The van der Waals surface area contributed by atoms with Crippen LogP contribution in [0, 0.1) is 0 Å². The van der Waals surface area contributed by atoms with Crippen molar-refractivity contribution in [1.29, 1.82) is 0 Å². The van der Waals surface area contributed by atoms with Crippen LogP contribution in [-0.4, -0.2) is 52.6 Å². The predicted octanol–water partition coefficient (Wildman–Crippen LogP) is 1.38. The third-order valence-corrected chi connectivity index (χ3v) is 2.05. The third-order valence-electron chi connectivity index (χ3n) is 2.05. The van der Waals surface area contributed by atoms with Crippen molar-refractivity contribution in [3.63, 3.8) is 0 Å². The van der Waals surface area contributed by atoms with E-state index in [9.17, 15) is 9.90 Å².